The minimum Gasteiger partial charge on any atom is -0.507 e. The Balaban J connectivity index is 2.31. The van der Waals surface area contributed by atoms with Crippen LogP contribution in [-0.4, -0.2) is 35.9 Å². The number of nitro benzene ring substituents is 1. The predicted molar refractivity (Wildman–Crippen MR) is 77.0 cm³/mol. The molecule has 0 fully saturated rings. The predicted octanol–water partition coefficient (Wildman–Crippen LogP) is 1.03. The lowest BCUT2D eigenvalue weighted by Gasteiger charge is -2.02. The normalized spacial score (nSPS) is 10.8. The number of nitro groups is 1. The Hall–Kier alpha value is -3.69. The molecular formula is C13H8N4O6. The topological polar surface area (TPSA) is 151 Å². The zero-order valence-electron chi connectivity index (χ0n) is 11.3. The van der Waals surface area contributed by atoms with Gasteiger partial charge >= 0.3 is 5.97 Å². The molecule has 1 aromatic carbocycles. The number of carboxylic acid groups (broad SMARTS) is 1. The van der Waals surface area contributed by atoms with Crippen molar-refractivity contribution in [1.82, 2.24) is 14.8 Å². The summed E-state index contributed by atoms with van der Waals surface area (Å²) in [5.74, 6) is -1.91. The molecule has 3 rings (SSSR count). The van der Waals surface area contributed by atoms with E-state index >= 15 is 0 Å². The van der Waals surface area contributed by atoms with Crippen LogP contribution in [0.25, 0.3) is 16.7 Å². The standard InChI is InChI=1S/C13H8N4O6/c18-8-5-9(19)14-12-10(8)11(13(20)21)15-16(12)6-1-3-7(4-2-6)17(22)23/h1-5H,(H,20,21)(H2,14,18,19). The number of H-pyrrole nitrogens is 1. The van der Waals surface area contributed by atoms with Gasteiger partial charge in [-0.3, -0.25) is 14.9 Å². The smallest absolute Gasteiger partial charge is 0.357 e. The van der Waals surface area contributed by atoms with Crippen molar-refractivity contribution in [1.29, 1.82) is 0 Å². The first kappa shape index (κ1) is 14.3. The minimum atomic E-state index is -1.39. The van der Waals surface area contributed by atoms with E-state index in [9.17, 15) is 29.9 Å². The molecule has 0 atom stereocenters. The second-order valence-corrected chi connectivity index (χ2v) is 4.58. The summed E-state index contributed by atoms with van der Waals surface area (Å²) >= 11 is 0. The van der Waals surface area contributed by atoms with Crippen LogP contribution in [0.5, 0.6) is 5.75 Å². The molecule has 0 amide bonds. The number of hydrogen-bond acceptors (Lipinski definition) is 6. The number of aromatic nitrogens is 3. The molecule has 0 aliphatic heterocycles. The second kappa shape index (κ2) is 4.94. The van der Waals surface area contributed by atoms with E-state index in [4.69, 9.17) is 0 Å². The summed E-state index contributed by atoms with van der Waals surface area (Å²) < 4.78 is 1.09. The van der Waals surface area contributed by atoms with Gasteiger partial charge < -0.3 is 15.2 Å². The third-order valence-corrected chi connectivity index (χ3v) is 3.16. The van der Waals surface area contributed by atoms with E-state index in [2.05, 4.69) is 10.1 Å². The van der Waals surface area contributed by atoms with E-state index in [1.54, 1.807) is 0 Å². The van der Waals surface area contributed by atoms with Crippen molar-refractivity contribution in [2.45, 2.75) is 0 Å². The number of benzene rings is 1. The molecule has 0 aliphatic rings. The fourth-order valence-electron chi connectivity index (χ4n) is 2.18. The molecule has 2 aromatic heterocycles. The van der Waals surface area contributed by atoms with Crippen LogP contribution in [0, 0.1) is 10.1 Å². The molecular weight excluding hydrogens is 308 g/mol. The summed E-state index contributed by atoms with van der Waals surface area (Å²) in [5.41, 5.74) is -0.988. The molecule has 0 radical (unpaired) electrons. The van der Waals surface area contributed by atoms with E-state index in [1.807, 2.05) is 0 Å². The Morgan fingerprint density at radius 2 is 1.96 bits per heavy atom. The minimum absolute atomic E-state index is 0.0266. The summed E-state index contributed by atoms with van der Waals surface area (Å²) in [7, 11) is 0. The number of non-ortho nitro benzene ring substituents is 1. The highest BCUT2D eigenvalue weighted by atomic mass is 16.6. The number of carboxylic acids is 1. The first-order valence-corrected chi connectivity index (χ1v) is 6.21. The van der Waals surface area contributed by atoms with Gasteiger partial charge in [-0.2, -0.15) is 5.10 Å². The zero-order chi connectivity index (χ0) is 16.7. The summed E-state index contributed by atoms with van der Waals surface area (Å²) in [6, 6.07) is 5.96. The van der Waals surface area contributed by atoms with E-state index in [0.717, 1.165) is 10.7 Å². The monoisotopic (exact) mass is 316 g/mol. The zero-order valence-corrected chi connectivity index (χ0v) is 11.3. The van der Waals surface area contributed by atoms with Gasteiger partial charge in [-0.25, -0.2) is 9.48 Å². The van der Waals surface area contributed by atoms with Crippen LogP contribution in [0.4, 0.5) is 5.69 Å². The van der Waals surface area contributed by atoms with Crippen LogP contribution in [0.1, 0.15) is 10.5 Å². The van der Waals surface area contributed by atoms with Crippen molar-refractivity contribution in [2.24, 2.45) is 0 Å². The number of aromatic amines is 1. The van der Waals surface area contributed by atoms with Crippen LogP contribution in [0.3, 0.4) is 0 Å². The highest BCUT2D eigenvalue weighted by molar-refractivity contribution is 6.03. The van der Waals surface area contributed by atoms with Crippen LogP contribution in [0.2, 0.25) is 0 Å². The highest BCUT2D eigenvalue weighted by Gasteiger charge is 2.21. The van der Waals surface area contributed by atoms with Crippen LogP contribution >= 0.6 is 0 Å². The molecule has 0 saturated heterocycles. The molecule has 0 saturated carbocycles. The average molecular weight is 316 g/mol. The van der Waals surface area contributed by atoms with E-state index in [-0.39, 0.29) is 22.4 Å². The second-order valence-electron chi connectivity index (χ2n) is 4.58. The lowest BCUT2D eigenvalue weighted by atomic mass is 10.2. The number of nitrogens with zero attached hydrogens (tertiary/aromatic N) is 3. The van der Waals surface area contributed by atoms with Crippen molar-refractivity contribution in [3.8, 4) is 11.4 Å². The quantitative estimate of drug-likeness (QED) is 0.482. The molecule has 10 heteroatoms. The van der Waals surface area contributed by atoms with Crippen molar-refractivity contribution in [3.05, 3.63) is 56.5 Å². The van der Waals surface area contributed by atoms with Gasteiger partial charge in [0.2, 0.25) is 0 Å². The number of pyridine rings is 1. The first-order valence-electron chi connectivity index (χ1n) is 6.21. The maximum Gasteiger partial charge on any atom is 0.357 e. The van der Waals surface area contributed by atoms with Gasteiger partial charge in [-0.05, 0) is 12.1 Å². The SMILES string of the molecule is O=C(O)c1nn(-c2ccc([N+](=O)[O-])cc2)c2[nH]c(=O)cc(O)c12. The Morgan fingerprint density at radius 1 is 1.30 bits per heavy atom. The number of hydrogen-bond donors (Lipinski definition) is 3. The lowest BCUT2D eigenvalue weighted by molar-refractivity contribution is -0.384. The number of rotatable bonds is 3. The van der Waals surface area contributed by atoms with Gasteiger partial charge in [0.05, 0.1) is 16.0 Å². The maximum absolute atomic E-state index is 11.5. The molecule has 0 spiro atoms. The van der Waals surface area contributed by atoms with Crippen molar-refractivity contribution in [2.75, 3.05) is 0 Å². The molecule has 0 aliphatic carbocycles. The Bertz CT molecular complexity index is 1000. The molecule has 0 bridgehead atoms. The van der Waals surface area contributed by atoms with E-state index in [0.29, 0.717) is 0 Å². The fraction of sp³-hybridized carbons (Fsp3) is 0. The molecule has 3 N–H and O–H groups in total. The number of aromatic carboxylic acids is 1. The summed E-state index contributed by atoms with van der Waals surface area (Å²) in [4.78, 5) is 35.3. The number of nitrogens with one attached hydrogen (secondary N) is 1. The molecule has 116 valence electrons. The highest BCUT2D eigenvalue weighted by Crippen LogP contribution is 2.27. The van der Waals surface area contributed by atoms with Gasteiger partial charge in [0.15, 0.2) is 5.69 Å². The number of aromatic hydroxyl groups is 1. The Morgan fingerprint density at radius 3 is 2.52 bits per heavy atom. The summed E-state index contributed by atoms with van der Waals surface area (Å²) in [5, 5.41) is 33.4. The Kier molecular flexibility index (Phi) is 3.06. The van der Waals surface area contributed by atoms with Crippen LogP contribution < -0.4 is 5.56 Å². The van der Waals surface area contributed by atoms with Crippen LogP contribution in [-0.2, 0) is 0 Å². The molecule has 23 heavy (non-hydrogen) atoms. The third kappa shape index (κ3) is 2.27. The van der Waals surface area contributed by atoms with Gasteiger partial charge in [-0.15, -0.1) is 0 Å². The lowest BCUT2D eigenvalue weighted by Crippen LogP contribution is -2.06. The third-order valence-electron chi connectivity index (χ3n) is 3.16. The maximum atomic E-state index is 11.5. The van der Waals surface area contributed by atoms with Crippen molar-refractivity contribution < 1.29 is 19.9 Å². The molecule has 3 aromatic rings. The van der Waals surface area contributed by atoms with Crippen molar-refractivity contribution in [3.63, 3.8) is 0 Å². The Labute approximate surface area is 126 Å². The first-order chi connectivity index (χ1) is 10.9. The summed E-state index contributed by atoms with van der Waals surface area (Å²) in [6.45, 7) is 0. The molecule has 0 unspecified atom stereocenters. The largest absolute Gasteiger partial charge is 0.507 e. The van der Waals surface area contributed by atoms with Crippen molar-refractivity contribution >= 4 is 22.7 Å². The van der Waals surface area contributed by atoms with Crippen LogP contribution in [0.15, 0.2) is 35.1 Å². The number of fused-ring (bicyclic) bond motifs is 1. The van der Waals surface area contributed by atoms with Gasteiger partial charge in [0.1, 0.15) is 11.4 Å². The van der Waals surface area contributed by atoms with Gasteiger partial charge in [-0.1, -0.05) is 0 Å². The van der Waals surface area contributed by atoms with Gasteiger partial charge in [0, 0.05) is 18.2 Å². The average Bonchev–Trinajstić information content (AvgIpc) is 2.87. The molecule has 10 nitrogen and oxygen atoms in total. The van der Waals surface area contributed by atoms with E-state index in [1.165, 1.54) is 24.3 Å². The summed E-state index contributed by atoms with van der Waals surface area (Å²) in [6.07, 6.45) is 0. The fourth-order valence-corrected chi connectivity index (χ4v) is 2.18. The van der Waals surface area contributed by atoms with E-state index < -0.39 is 27.9 Å². The number of carbonyl (C=O) groups is 1. The van der Waals surface area contributed by atoms with Gasteiger partial charge in [0.25, 0.3) is 11.2 Å². The molecule has 2 heterocycles.